The van der Waals surface area contributed by atoms with Crippen molar-refractivity contribution in [2.24, 2.45) is 0 Å². The third-order valence-electron chi connectivity index (χ3n) is 4.59. The fraction of sp³-hybridized carbons (Fsp3) is 0.263. The first-order chi connectivity index (χ1) is 12.7. The van der Waals surface area contributed by atoms with Crippen LogP contribution in [-0.2, 0) is 11.3 Å². The minimum atomic E-state index is -0.158. The number of methoxy groups -OCH3 is 2. The first-order valence-corrected chi connectivity index (χ1v) is 8.30. The first-order valence-electron chi connectivity index (χ1n) is 8.30. The Morgan fingerprint density at radius 1 is 1.23 bits per heavy atom. The zero-order valence-corrected chi connectivity index (χ0v) is 14.6. The van der Waals surface area contributed by atoms with Crippen LogP contribution in [0.15, 0.2) is 47.2 Å². The number of carbonyl (C=O) groups excluding carboxylic acids is 1. The van der Waals surface area contributed by atoms with Crippen molar-refractivity contribution in [2.75, 3.05) is 19.5 Å². The lowest BCUT2D eigenvalue weighted by Gasteiger charge is -2.25. The lowest BCUT2D eigenvalue weighted by molar-refractivity contribution is -0.116. The van der Waals surface area contributed by atoms with Gasteiger partial charge in [-0.3, -0.25) is 4.79 Å². The van der Waals surface area contributed by atoms with Crippen molar-refractivity contribution in [3.8, 4) is 11.5 Å². The molecule has 3 aromatic rings. The highest BCUT2D eigenvalue weighted by molar-refractivity contribution is 5.94. The van der Waals surface area contributed by atoms with Crippen molar-refractivity contribution in [2.45, 2.75) is 18.9 Å². The quantitative estimate of drug-likeness (QED) is 0.763. The maximum absolute atomic E-state index is 12.4. The number of nitrogens with zero attached hydrogens (tertiary/aromatic N) is 2. The van der Waals surface area contributed by atoms with Crippen LogP contribution >= 0.6 is 0 Å². The van der Waals surface area contributed by atoms with Crippen molar-refractivity contribution < 1.29 is 18.7 Å². The Morgan fingerprint density at radius 2 is 2.12 bits per heavy atom. The van der Waals surface area contributed by atoms with Crippen molar-refractivity contribution >= 4 is 11.7 Å². The molecule has 3 heterocycles. The molecular weight excluding hydrogens is 334 g/mol. The molecule has 1 atom stereocenters. The fourth-order valence-electron chi connectivity index (χ4n) is 3.40. The van der Waals surface area contributed by atoms with Crippen LogP contribution in [0, 0.1) is 0 Å². The predicted molar refractivity (Wildman–Crippen MR) is 94.7 cm³/mol. The van der Waals surface area contributed by atoms with E-state index in [0.29, 0.717) is 30.3 Å². The highest BCUT2D eigenvalue weighted by Gasteiger charge is 2.32. The Kier molecular flexibility index (Phi) is 4.12. The van der Waals surface area contributed by atoms with Crippen LogP contribution in [0.4, 0.5) is 5.82 Å². The summed E-state index contributed by atoms with van der Waals surface area (Å²) in [5, 5.41) is 7.39. The molecule has 0 saturated heterocycles. The highest BCUT2D eigenvalue weighted by atomic mass is 16.5. The number of hydrogen-bond donors (Lipinski definition) is 1. The molecular formula is C19H19N3O4. The molecule has 7 nitrogen and oxygen atoms in total. The lowest BCUT2D eigenvalue weighted by Crippen LogP contribution is -2.25. The van der Waals surface area contributed by atoms with Gasteiger partial charge < -0.3 is 19.2 Å². The van der Waals surface area contributed by atoms with E-state index in [-0.39, 0.29) is 11.8 Å². The van der Waals surface area contributed by atoms with E-state index in [2.05, 4.69) is 10.4 Å². The van der Waals surface area contributed by atoms with E-state index in [4.69, 9.17) is 13.9 Å². The Balaban J connectivity index is 1.77. The Bertz CT molecular complexity index is 930. The second-order valence-corrected chi connectivity index (χ2v) is 6.07. The average Bonchev–Trinajstić information content (AvgIpc) is 3.31. The predicted octanol–water partition coefficient (Wildman–Crippen LogP) is 3.02. The molecule has 0 aliphatic carbocycles. The summed E-state index contributed by atoms with van der Waals surface area (Å²) in [6, 6.07) is 9.40. The van der Waals surface area contributed by atoms with Gasteiger partial charge in [0.05, 0.1) is 26.7 Å². The number of nitrogens with one attached hydrogen (secondary N) is 1. The summed E-state index contributed by atoms with van der Waals surface area (Å²) < 4.78 is 18.1. The maximum Gasteiger partial charge on any atom is 0.226 e. The number of amides is 1. The molecule has 0 saturated carbocycles. The Labute approximate surface area is 150 Å². The van der Waals surface area contributed by atoms with Gasteiger partial charge >= 0.3 is 0 Å². The summed E-state index contributed by atoms with van der Waals surface area (Å²) in [7, 11) is 3.20. The fourth-order valence-corrected chi connectivity index (χ4v) is 3.40. The zero-order chi connectivity index (χ0) is 18.1. The summed E-state index contributed by atoms with van der Waals surface area (Å²) in [5.41, 5.74) is 1.85. The SMILES string of the molecule is COc1cccc([C@H]2CC(=O)Nc3c2cnn3Cc2ccco2)c1OC. The molecule has 1 amide bonds. The number of benzene rings is 1. The first kappa shape index (κ1) is 16.3. The van der Waals surface area contributed by atoms with Gasteiger partial charge in [-0.1, -0.05) is 12.1 Å². The number of carbonyl (C=O) groups is 1. The molecule has 1 N–H and O–H groups in total. The zero-order valence-electron chi connectivity index (χ0n) is 14.6. The number of para-hydroxylation sites is 1. The number of fused-ring (bicyclic) bond motifs is 1. The molecule has 0 bridgehead atoms. The number of anilines is 1. The normalized spacial score (nSPS) is 16.1. The maximum atomic E-state index is 12.4. The lowest BCUT2D eigenvalue weighted by atomic mass is 9.86. The molecule has 1 aliphatic heterocycles. The van der Waals surface area contributed by atoms with Gasteiger partial charge in [-0.15, -0.1) is 0 Å². The molecule has 0 fully saturated rings. The third-order valence-corrected chi connectivity index (χ3v) is 4.59. The molecule has 0 radical (unpaired) electrons. The summed E-state index contributed by atoms with van der Waals surface area (Å²) >= 11 is 0. The van der Waals surface area contributed by atoms with Gasteiger partial charge in [0.25, 0.3) is 0 Å². The van der Waals surface area contributed by atoms with E-state index in [1.807, 2.05) is 30.3 Å². The van der Waals surface area contributed by atoms with Crippen molar-refractivity contribution in [1.82, 2.24) is 9.78 Å². The van der Waals surface area contributed by atoms with Gasteiger partial charge in [-0.25, -0.2) is 4.68 Å². The van der Waals surface area contributed by atoms with Crippen LogP contribution < -0.4 is 14.8 Å². The number of ether oxygens (including phenoxy) is 2. The van der Waals surface area contributed by atoms with Gasteiger partial charge in [-0.05, 0) is 18.2 Å². The van der Waals surface area contributed by atoms with Gasteiger partial charge in [0, 0.05) is 23.5 Å². The molecule has 1 aliphatic rings. The monoisotopic (exact) mass is 353 g/mol. The second-order valence-electron chi connectivity index (χ2n) is 6.07. The Morgan fingerprint density at radius 3 is 2.85 bits per heavy atom. The largest absolute Gasteiger partial charge is 0.493 e. The van der Waals surface area contributed by atoms with Crippen LogP contribution in [0.1, 0.15) is 29.2 Å². The number of aromatic nitrogens is 2. The van der Waals surface area contributed by atoms with Crippen molar-refractivity contribution in [3.63, 3.8) is 0 Å². The minimum Gasteiger partial charge on any atom is -0.493 e. The van der Waals surface area contributed by atoms with E-state index < -0.39 is 0 Å². The van der Waals surface area contributed by atoms with Crippen molar-refractivity contribution in [3.05, 3.63) is 59.7 Å². The second kappa shape index (κ2) is 6.59. The summed E-state index contributed by atoms with van der Waals surface area (Å²) in [4.78, 5) is 12.4. The van der Waals surface area contributed by atoms with Gasteiger partial charge in [0.15, 0.2) is 11.5 Å². The summed E-state index contributed by atoms with van der Waals surface area (Å²) in [5.74, 6) is 2.52. The van der Waals surface area contributed by atoms with E-state index in [9.17, 15) is 4.79 Å². The molecule has 134 valence electrons. The van der Waals surface area contributed by atoms with Crippen LogP contribution in [0.3, 0.4) is 0 Å². The van der Waals surface area contributed by atoms with Crippen LogP contribution in [0.2, 0.25) is 0 Å². The molecule has 0 unspecified atom stereocenters. The van der Waals surface area contributed by atoms with Crippen LogP contribution in [-0.4, -0.2) is 29.9 Å². The molecule has 7 heteroatoms. The molecule has 1 aromatic carbocycles. The minimum absolute atomic E-state index is 0.0615. The number of furan rings is 1. The summed E-state index contributed by atoms with van der Waals surface area (Å²) in [6.07, 6.45) is 3.73. The third kappa shape index (κ3) is 2.71. The van der Waals surface area contributed by atoms with E-state index in [0.717, 1.165) is 16.9 Å². The standard InChI is InChI=1S/C19H19N3O4/c1-24-16-7-3-6-13(18(16)25-2)14-9-17(23)21-19-15(14)10-20-22(19)11-12-5-4-8-26-12/h3-8,10,14H,9,11H2,1-2H3,(H,21,23)/t14-/m1/s1. The summed E-state index contributed by atoms with van der Waals surface area (Å²) in [6.45, 7) is 0.449. The number of rotatable bonds is 5. The van der Waals surface area contributed by atoms with E-state index in [1.165, 1.54) is 0 Å². The van der Waals surface area contributed by atoms with Gasteiger partial charge in [0.1, 0.15) is 18.1 Å². The van der Waals surface area contributed by atoms with E-state index >= 15 is 0 Å². The number of hydrogen-bond acceptors (Lipinski definition) is 5. The average molecular weight is 353 g/mol. The highest BCUT2D eigenvalue weighted by Crippen LogP contribution is 2.43. The van der Waals surface area contributed by atoms with Gasteiger partial charge in [-0.2, -0.15) is 5.10 Å². The van der Waals surface area contributed by atoms with E-state index in [1.54, 1.807) is 31.4 Å². The molecule has 2 aromatic heterocycles. The van der Waals surface area contributed by atoms with Crippen LogP contribution in [0.25, 0.3) is 0 Å². The molecule has 26 heavy (non-hydrogen) atoms. The molecule has 4 rings (SSSR count). The smallest absolute Gasteiger partial charge is 0.226 e. The molecule has 0 spiro atoms. The Hall–Kier alpha value is -3.22. The topological polar surface area (TPSA) is 78.5 Å². The van der Waals surface area contributed by atoms with Crippen molar-refractivity contribution in [1.29, 1.82) is 0 Å². The van der Waals surface area contributed by atoms with Gasteiger partial charge in [0.2, 0.25) is 5.91 Å². The van der Waals surface area contributed by atoms with Crippen LogP contribution in [0.5, 0.6) is 11.5 Å².